The van der Waals surface area contributed by atoms with Crippen molar-refractivity contribution in [3.8, 4) is 34.1 Å². The summed E-state index contributed by atoms with van der Waals surface area (Å²) in [5, 5.41) is 11.5. The van der Waals surface area contributed by atoms with Crippen LogP contribution in [0, 0.1) is 5.92 Å². The minimum Gasteiger partial charge on any atom is -0.493 e. The van der Waals surface area contributed by atoms with Crippen molar-refractivity contribution in [1.29, 1.82) is 0 Å². The number of carbonyl (C=O) groups is 1. The van der Waals surface area contributed by atoms with Gasteiger partial charge in [-0.05, 0) is 65.1 Å². The molecule has 0 spiro atoms. The lowest BCUT2D eigenvalue weighted by atomic mass is 9.97. The summed E-state index contributed by atoms with van der Waals surface area (Å²) < 4.78 is 18.2. The molecule has 1 amide bonds. The molecule has 168 valence electrons. The number of hydrogen-bond donors (Lipinski definition) is 0. The van der Waals surface area contributed by atoms with E-state index in [1.807, 2.05) is 35.2 Å². The number of hydrogen-bond acceptors (Lipinski definition) is 7. The van der Waals surface area contributed by atoms with Gasteiger partial charge in [0.1, 0.15) is 6.33 Å². The first-order valence-electron chi connectivity index (χ1n) is 10.5. The fourth-order valence-corrected chi connectivity index (χ4v) is 4.19. The van der Waals surface area contributed by atoms with E-state index in [9.17, 15) is 4.79 Å². The highest BCUT2D eigenvalue weighted by molar-refractivity contribution is 5.97. The maximum absolute atomic E-state index is 13.4. The van der Waals surface area contributed by atoms with E-state index >= 15 is 0 Å². The standard InChI is InChI=1S/C23H27N5O4/c1-15-6-5-9-27(13-15)23(29)17-10-16(11-18(12-17)28-14-24-25-26-28)19-7-8-20(30-2)22(32-4)21(19)31-3/h7-8,10-12,14-15H,5-6,9,13H2,1-4H3/t15-/m1/s1. The average molecular weight is 438 g/mol. The van der Waals surface area contributed by atoms with Crippen molar-refractivity contribution in [3.05, 3.63) is 42.2 Å². The third-order valence-corrected chi connectivity index (χ3v) is 5.74. The second-order valence-corrected chi connectivity index (χ2v) is 7.90. The van der Waals surface area contributed by atoms with Crippen molar-refractivity contribution in [2.75, 3.05) is 34.4 Å². The molecule has 1 fully saturated rings. The van der Waals surface area contributed by atoms with Gasteiger partial charge in [-0.25, -0.2) is 4.68 Å². The van der Waals surface area contributed by atoms with E-state index in [0.717, 1.165) is 37.1 Å². The number of likely N-dealkylation sites (tertiary alicyclic amines) is 1. The van der Waals surface area contributed by atoms with E-state index in [0.29, 0.717) is 34.4 Å². The zero-order chi connectivity index (χ0) is 22.7. The summed E-state index contributed by atoms with van der Waals surface area (Å²) >= 11 is 0. The molecule has 0 aliphatic carbocycles. The highest BCUT2D eigenvalue weighted by Crippen LogP contribution is 2.44. The molecule has 0 unspecified atom stereocenters. The van der Waals surface area contributed by atoms with Crippen molar-refractivity contribution in [1.82, 2.24) is 25.1 Å². The van der Waals surface area contributed by atoms with E-state index in [1.165, 1.54) is 11.0 Å². The van der Waals surface area contributed by atoms with E-state index in [2.05, 4.69) is 22.4 Å². The summed E-state index contributed by atoms with van der Waals surface area (Å²) in [5.74, 6) is 2.04. The minimum absolute atomic E-state index is 0.00725. The maximum Gasteiger partial charge on any atom is 0.253 e. The molecular formula is C23H27N5O4. The molecule has 0 radical (unpaired) electrons. The number of tetrazole rings is 1. The van der Waals surface area contributed by atoms with Crippen LogP contribution in [0.25, 0.3) is 16.8 Å². The van der Waals surface area contributed by atoms with Gasteiger partial charge in [0.2, 0.25) is 5.75 Å². The molecule has 9 nitrogen and oxygen atoms in total. The smallest absolute Gasteiger partial charge is 0.253 e. The number of aromatic nitrogens is 4. The Morgan fingerprint density at radius 3 is 2.53 bits per heavy atom. The summed E-state index contributed by atoms with van der Waals surface area (Å²) in [6.07, 6.45) is 3.65. The molecule has 0 N–H and O–H groups in total. The van der Waals surface area contributed by atoms with Gasteiger partial charge in [-0.1, -0.05) is 6.92 Å². The van der Waals surface area contributed by atoms with E-state index in [4.69, 9.17) is 14.2 Å². The molecule has 4 rings (SSSR count). The molecule has 1 atom stereocenters. The first kappa shape index (κ1) is 21.6. The molecule has 1 aromatic heterocycles. The molecule has 1 saturated heterocycles. The van der Waals surface area contributed by atoms with Crippen molar-refractivity contribution in [2.45, 2.75) is 19.8 Å². The molecule has 9 heteroatoms. The number of amides is 1. The lowest BCUT2D eigenvalue weighted by Gasteiger charge is -2.31. The molecule has 2 heterocycles. The van der Waals surface area contributed by atoms with Gasteiger partial charge in [0.25, 0.3) is 5.91 Å². The highest BCUT2D eigenvalue weighted by atomic mass is 16.5. The largest absolute Gasteiger partial charge is 0.493 e. The van der Waals surface area contributed by atoms with E-state index in [1.54, 1.807) is 21.3 Å². The predicted molar refractivity (Wildman–Crippen MR) is 119 cm³/mol. The average Bonchev–Trinajstić information content (AvgIpc) is 3.37. The summed E-state index contributed by atoms with van der Waals surface area (Å²) in [6, 6.07) is 9.30. The quantitative estimate of drug-likeness (QED) is 0.585. The van der Waals surface area contributed by atoms with Crippen LogP contribution in [0.4, 0.5) is 0 Å². The maximum atomic E-state index is 13.4. The van der Waals surface area contributed by atoms with Crippen molar-refractivity contribution in [3.63, 3.8) is 0 Å². The number of rotatable bonds is 6. The van der Waals surface area contributed by atoms with Crippen molar-refractivity contribution in [2.24, 2.45) is 5.92 Å². The van der Waals surface area contributed by atoms with Gasteiger partial charge < -0.3 is 19.1 Å². The van der Waals surface area contributed by atoms with Gasteiger partial charge in [0.15, 0.2) is 11.5 Å². The normalized spacial score (nSPS) is 16.0. The molecule has 3 aromatic rings. The highest BCUT2D eigenvalue weighted by Gasteiger charge is 2.24. The fraction of sp³-hybridized carbons (Fsp3) is 0.391. The van der Waals surface area contributed by atoms with Gasteiger partial charge in [0.05, 0.1) is 27.0 Å². The number of ether oxygens (including phenoxy) is 3. The van der Waals surface area contributed by atoms with Crippen LogP contribution in [0.5, 0.6) is 17.2 Å². The second-order valence-electron chi connectivity index (χ2n) is 7.90. The number of methoxy groups -OCH3 is 3. The summed E-state index contributed by atoms with van der Waals surface area (Å²) in [4.78, 5) is 15.3. The lowest BCUT2D eigenvalue weighted by molar-refractivity contribution is 0.0683. The number of nitrogens with zero attached hydrogens (tertiary/aromatic N) is 5. The second kappa shape index (κ2) is 9.25. The van der Waals surface area contributed by atoms with Crippen molar-refractivity contribution >= 4 is 5.91 Å². The van der Waals surface area contributed by atoms with E-state index in [-0.39, 0.29) is 5.91 Å². The first-order valence-corrected chi connectivity index (χ1v) is 10.5. The first-order chi connectivity index (χ1) is 15.5. The van der Waals surface area contributed by atoms with Crippen LogP contribution in [0.1, 0.15) is 30.1 Å². The molecular weight excluding hydrogens is 410 g/mol. The van der Waals surface area contributed by atoms with Gasteiger partial charge in [-0.3, -0.25) is 4.79 Å². The van der Waals surface area contributed by atoms with Crippen LogP contribution in [0.3, 0.4) is 0 Å². The zero-order valence-corrected chi connectivity index (χ0v) is 18.7. The van der Waals surface area contributed by atoms with Gasteiger partial charge >= 0.3 is 0 Å². The number of benzene rings is 2. The van der Waals surface area contributed by atoms with Crippen LogP contribution < -0.4 is 14.2 Å². The van der Waals surface area contributed by atoms with Crippen LogP contribution in [-0.4, -0.2) is 65.4 Å². The molecule has 0 bridgehead atoms. The Morgan fingerprint density at radius 2 is 1.88 bits per heavy atom. The Balaban J connectivity index is 1.85. The monoisotopic (exact) mass is 437 g/mol. The Bertz CT molecular complexity index is 1100. The van der Waals surface area contributed by atoms with Gasteiger partial charge in [-0.2, -0.15) is 0 Å². The summed E-state index contributed by atoms with van der Waals surface area (Å²) in [7, 11) is 4.72. The lowest BCUT2D eigenvalue weighted by Crippen LogP contribution is -2.39. The number of piperidine rings is 1. The zero-order valence-electron chi connectivity index (χ0n) is 18.7. The Morgan fingerprint density at radius 1 is 1.06 bits per heavy atom. The molecule has 1 aliphatic rings. The van der Waals surface area contributed by atoms with Crippen LogP contribution in [-0.2, 0) is 0 Å². The Kier molecular flexibility index (Phi) is 6.25. The van der Waals surface area contributed by atoms with Crippen LogP contribution in [0.2, 0.25) is 0 Å². The topological polar surface area (TPSA) is 91.6 Å². The number of carbonyl (C=O) groups excluding carboxylic acids is 1. The van der Waals surface area contributed by atoms with Gasteiger partial charge in [-0.15, -0.1) is 5.10 Å². The van der Waals surface area contributed by atoms with Gasteiger partial charge in [0, 0.05) is 24.2 Å². The third kappa shape index (κ3) is 4.10. The third-order valence-electron chi connectivity index (χ3n) is 5.74. The van der Waals surface area contributed by atoms with Crippen LogP contribution in [0.15, 0.2) is 36.7 Å². The molecule has 0 saturated carbocycles. The Labute approximate surface area is 186 Å². The molecule has 1 aliphatic heterocycles. The molecule has 2 aromatic carbocycles. The summed E-state index contributed by atoms with van der Waals surface area (Å²) in [5.41, 5.74) is 2.79. The molecule has 32 heavy (non-hydrogen) atoms. The minimum atomic E-state index is -0.00725. The summed E-state index contributed by atoms with van der Waals surface area (Å²) in [6.45, 7) is 3.69. The SMILES string of the molecule is COc1ccc(-c2cc(C(=O)N3CCC[C@@H](C)C3)cc(-n3cnnn3)c2)c(OC)c1OC. The van der Waals surface area contributed by atoms with E-state index < -0.39 is 0 Å². The van der Waals surface area contributed by atoms with Crippen LogP contribution >= 0.6 is 0 Å². The fourth-order valence-electron chi connectivity index (χ4n) is 4.19. The Hall–Kier alpha value is -3.62. The van der Waals surface area contributed by atoms with Crippen molar-refractivity contribution < 1.29 is 19.0 Å². The predicted octanol–water partition coefficient (Wildman–Crippen LogP) is 3.23.